The van der Waals surface area contributed by atoms with E-state index in [0.29, 0.717) is 17.1 Å². The molecule has 1 saturated carbocycles. The number of alkyl halides is 3. The van der Waals surface area contributed by atoms with Gasteiger partial charge in [0.25, 0.3) is 0 Å². The molecule has 0 radical (unpaired) electrons. The molecule has 1 fully saturated rings. The van der Waals surface area contributed by atoms with Crippen LogP contribution in [0.4, 0.5) is 13.2 Å². The van der Waals surface area contributed by atoms with Crippen LogP contribution in [0.1, 0.15) is 12.8 Å². The lowest BCUT2D eigenvalue weighted by Gasteiger charge is -2.22. The summed E-state index contributed by atoms with van der Waals surface area (Å²) in [6, 6.07) is -0.555. The zero-order valence-corrected chi connectivity index (χ0v) is 9.83. The van der Waals surface area contributed by atoms with Crippen molar-refractivity contribution in [3.05, 3.63) is 0 Å². The summed E-state index contributed by atoms with van der Waals surface area (Å²) in [4.78, 5) is -0.326. The number of rotatable bonds is 5. The lowest BCUT2D eigenvalue weighted by molar-refractivity contribution is -0.136. The standard InChI is InChI=1S/C7H11F3N2O2S2/c8-7(9,10)4-12(5-1-2-5)16(13,14)3-6(11)15/h5H,1-4H2,(H2,11,15). The molecule has 0 aromatic heterocycles. The minimum atomic E-state index is -4.55. The van der Waals surface area contributed by atoms with E-state index in [1.54, 1.807) is 0 Å². The normalized spacial score (nSPS) is 17.8. The van der Waals surface area contributed by atoms with Crippen molar-refractivity contribution >= 4 is 27.2 Å². The van der Waals surface area contributed by atoms with Crippen LogP contribution in [0.15, 0.2) is 0 Å². The van der Waals surface area contributed by atoms with Gasteiger partial charge in [0.2, 0.25) is 10.0 Å². The van der Waals surface area contributed by atoms with Gasteiger partial charge in [0, 0.05) is 6.04 Å². The van der Waals surface area contributed by atoms with Crippen molar-refractivity contribution < 1.29 is 21.6 Å². The van der Waals surface area contributed by atoms with E-state index in [1.165, 1.54) is 0 Å². The van der Waals surface area contributed by atoms with E-state index in [-0.39, 0.29) is 4.99 Å². The Morgan fingerprint density at radius 3 is 2.25 bits per heavy atom. The maximum Gasteiger partial charge on any atom is 0.402 e. The van der Waals surface area contributed by atoms with Gasteiger partial charge in [0.1, 0.15) is 12.3 Å². The Kier molecular flexibility index (Phi) is 3.80. The highest BCUT2D eigenvalue weighted by Crippen LogP contribution is 2.32. The second kappa shape index (κ2) is 4.46. The molecule has 16 heavy (non-hydrogen) atoms. The van der Waals surface area contributed by atoms with Crippen LogP contribution in [0.2, 0.25) is 0 Å². The third kappa shape index (κ3) is 4.22. The van der Waals surface area contributed by atoms with Crippen LogP contribution in [-0.4, -0.2) is 42.2 Å². The van der Waals surface area contributed by atoms with Crippen LogP contribution in [0.3, 0.4) is 0 Å². The Labute approximate surface area is 96.6 Å². The predicted octanol–water partition coefficient (Wildman–Crippen LogP) is 0.629. The zero-order chi connectivity index (χ0) is 12.6. The van der Waals surface area contributed by atoms with Gasteiger partial charge in [0.05, 0.1) is 4.99 Å². The van der Waals surface area contributed by atoms with Crippen molar-refractivity contribution in [3.63, 3.8) is 0 Å². The minimum absolute atomic E-state index is 0.326. The molecule has 0 aliphatic heterocycles. The second-order valence-corrected chi connectivity index (χ2v) is 6.06. The highest BCUT2D eigenvalue weighted by molar-refractivity contribution is 7.92. The molecule has 4 nitrogen and oxygen atoms in total. The van der Waals surface area contributed by atoms with Gasteiger partial charge in [0.15, 0.2) is 0 Å². The summed E-state index contributed by atoms with van der Waals surface area (Å²) >= 11 is 4.40. The van der Waals surface area contributed by atoms with Crippen LogP contribution < -0.4 is 5.73 Å². The van der Waals surface area contributed by atoms with E-state index in [9.17, 15) is 21.6 Å². The van der Waals surface area contributed by atoms with Crippen LogP contribution in [-0.2, 0) is 10.0 Å². The molecule has 1 aliphatic rings. The number of nitrogens with two attached hydrogens (primary N) is 1. The summed E-state index contributed by atoms with van der Waals surface area (Å²) in [5.41, 5.74) is 5.05. The molecule has 0 spiro atoms. The highest BCUT2D eigenvalue weighted by Gasteiger charge is 2.44. The van der Waals surface area contributed by atoms with Crippen molar-refractivity contribution in [2.24, 2.45) is 5.73 Å². The van der Waals surface area contributed by atoms with Crippen molar-refractivity contribution in [1.82, 2.24) is 4.31 Å². The van der Waals surface area contributed by atoms with Gasteiger partial charge in [-0.05, 0) is 12.8 Å². The second-order valence-electron chi connectivity index (χ2n) is 3.61. The van der Waals surface area contributed by atoms with E-state index in [4.69, 9.17) is 5.73 Å². The van der Waals surface area contributed by atoms with Crippen molar-refractivity contribution in [2.75, 3.05) is 12.3 Å². The maximum absolute atomic E-state index is 12.2. The maximum atomic E-state index is 12.2. The van der Waals surface area contributed by atoms with Gasteiger partial charge in [-0.3, -0.25) is 0 Å². The van der Waals surface area contributed by atoms with Crippen molar-refractivity contribution in [3.8, 4) is 0 Å². The molecule has 0 saturated heterocycles. The van der Waals surface area contributed by atoms with Gasteiger partial charge in [-0.15, -0.1) is 0 Å². The first-order chi connectivity index (χ1) is 7.12. The van der Waals surface area contributed by atoms with Crippen LogP contribution in [0, 0.1) is 0 Å². The highest BCUT2D eigenvalue weighted by atomic mass is 32.2. The average Bonchev–Trinajstić information content (AvgIpc) is 2.77. The summed E-state index contributed by atoms with van der Waals surface area (Å²) in [7, 11) is -4.04. The summed E-state index contributed by atoms with van der Waals surface area (Å²) in [5.74, 6) is -0.713. The number of hydrogen-bond acceptors (Lipinski definition) is 3. The first kappa shape index (κ1) is 13.7. The minimum Gasteiger partial charge on any atom is -0.392 e. The lowest BCUT2D eigenvalue weighted by atomic mass is 10.6. The summed E-state index contributed by atoms with van der Waals surface area (Å²) in [6.07, 6.45) is -3.65. The molecule has 0 atom stereocenters. The molecular formula is C7H11F3N2O2S2. The molecule has 1 rings (SSSR count). The van der Waals surface area contributed by atoms with Crippen molar-refractivity contribution in [2.45, 2.75) is 25.1 Å². The predicted molar refractivity (Wildman–Crippen MR) is 56.4 cm³/mol. The number of hydrogen-bond donors (Lipinski definition) is 1. The zero-order valence-electron chi connectivity index (χ0n) is 8.20. The molecule has 2 N–H and O–H groups in total. The van der Waals surface area contributed by atoms with Crippen LogP contribution in [0.25, 0.3) is 0 Å². The van der Waals surface area contributed by atoms with Crippen LogP contribution in [0.5, 0.6) is 0 Å². The van der Waals surface area contributed by atoms with E-state index in [2.05, 4.69) is 12.2 Å². The first-order valence-electron chi connectivity index (χ1n) is 4.46. The third-order valence-electron chi connectivity index (χ3n) is 1.97. The fraction of sp³-hybridized carbons (Fsp3) is 0.857. The number of halogens is 3. The summed E-state index contributed by atoms with van der Waals surface area (Å²) < 4.78 is 60.1. The molecule has 0 aromatic carbocycles. The van der Waals surface area contributed by atoms with E-state index in [0.717, 1.165) is 0 Å². The first-order valence-corrected chi connectivity index (χ1v) is 6.48. The van der Waals surface area contributed by atoms with Crippen LogP contribution >= 0.6 is 12.2 Å². The number of sulfonamides is 1. The monoisotopic (exact) mass is 276 g/mol. The van der Waals surface area contributed by atoms with Gasteiger partial charge >= 0.3 is 6.18 Å². The Bertz CT molecular complexity index is 376. The van der Waals surface area contributed by atoms with Gasteiger partial charge in [-0.1, -0.05) is 12.2 Å². The van der Waals surface area contributed by atoms with E-state index < -0.39 is 34.5 Å². The molecule has 0 unspecified atom stereocenters. The summed E-state index contributed by atoms with van der Waals surface area (Å²) in [6.45, 7) is -1.47. The van der Waals surface area contributed by atoms with E-state index in [1.807, 2.05) is 0 Å². The Hall–Kier alpha value is -0.410. The Morgan fingerprint density at radius 1 is 1.44 bits per heavy atom. The average molecular weight is 276 g/mol. The lowest BCUT2D eigenvalue weighted by Crippen LogP contribution is -2.43. The molecule has 94 valence electrons. The SMILES string of the molecule is NC(=S)CS(=O)(=O)N(CC(F)(F)F)C1CC1. The molecule has 0 aromatic rings. The molecule has 9 heteroatoms. The van der Waals surface area contributed by atoms with E-state index >= 15 is 0 Å². The smallest absolute Gasteiger partial charge is 0.392 e. The fourth-order valence-electron chi connectivity index (χ4n) is 1.26. The molecule has 0 bridgehead atoms. The topological polar surface area (TPSA) is 63.4 Å². The Morgan fingerprint density at radius 2 is 1.94 bits per heavy atom. The van der Waals surface area contributed by atoms with Crippen molar-refractivity contribution in [1.29, 1.82) is 0 Å². The fourth-order valence-corrected chi connectivity index (χ4v) is 3.24. The molecule has 1 aliphatic carbocycles. The summed E-state index contributed by atoms with van der Waals surface area (Å²) in [5, 5.41) is 0. The molecule has 0 heterocycles. The largest absolute Gasteiger partial charge is 0.402 e. The molecule has 0 amide bonds. The van der Waals surface area contributed by atoms with Gasteiger partial charge in [-0.2, -0.15) is 17.5 Å². The third-order valence-corrected chi connectivity index (χ3v) is 4.12. The number of thiocarbonyl (C=S) groups is 1. The Balaban J connectivity index is 2.81. The quantitative estimate of drug-likeness (QED) is 0.748. The number of nitrogens with zero attached hydrogens (tertiary/aromatic N) is 1. The van der Waals surface area contributed by atoms with Gasteiger partial charge < -0.3 is 5.73 Å². The molecular weight excluding hydrogens is 265 g/mol. The van der Waals surface area contributed by atoms with Gasteiger partial charge in [-0.25, -0.2) is 8.42 Å².